The fourth-order valence-corrected chi connectivity index (χ4v) is 5.10. The van der Waals surface area contributed by atoms with E-state index in [2.05, 4.69) is 5.32 Å². The maximum absolute atomic E-state index is 13.0. The summed E-state index contributed by atoms with van der Waals surface area (Å²) in [6.45, 7) is 6.85. The van der Waals surface area contributed by atoms with Crippen LogP contribution in [0.2, 0.25) is 0 Å². The van der Waals surface area contributed by atoms with E-state index in [1.807, 2.05) is 13.8 Å². The smallest absolute Gasteiger partial charge is 0.282 e. The Balaban J connectivity index is 2.04. The fourth-order valence-electron chi connectivity index (χ4n) is 3.06. The van der Waals surface area contributed by atoms with Gasteiger partial charge in [0.15, 0.2) is 0 Å². The van der Waals surface area contributed by atoms with Crippen LogP contribution in [0.4, 0.5) is 0 Å². The van der Waals surface area contributed by atoms with Gasteiger partial charge < -0.3 is 5.32 Å². The number of piperidine rings is 1. The molecule has 0 bridgehead atoms. The Bertz CT molecular complexity index is 403. The molecule has 0 aromatic rings. The van der Waals surface area contributed by atoms with Crippen LogP contribution in [0.15, 0.2) is 0 Å². The normalized spacial score (nSPS) is 24.6. The van der Waals surface area contributed by atoms with Gasteiger partial charge in [0.25, 0.3) is 10.2 Å². The fraction of sp³-hybridized carbons (Fsp3) is 1.00. The number of nitrogens with zero attached hydrogens (tertiary/aromatic N) is 2. The molecule has 0 aromatic carbocycles. The second-order valence-corrected chi connectivity index (χ2v) is 8.23. The predicted molar refractivity (Wildman–Crippen MR) is 86.4 cm³/mol. The molecule has 1 heterocycles. The quantitative estimate of drug-likeness (QED) is 0.707. The van der Waals surface area contributed by atoms with Crippen molar-refractivity contribution in [3.63, 3.8) is 0 Å². The first-order valence-electron chi connectivity index (χ1n) is 8.59. The predicted octanol–water partition coefficient (Wildman–Crippen LogP) is 1.96. The number of nitrogens with one attached hydrogen (secondary N) is 1. The van der Waals surface area contributed by atoms with E-state index in [9.17, 15) is 8.42 Å². The Kier molecular flexibility index (Phi) is 6.47. The summed E-state index contributed by atoms with van der Waals surface area (Å²) >= 11 is 0. The maximum atomic E-state index is 13.0. The topological polar surface area (TPSA) is 52.7 Å². The van der Waals surface area contributed by atoms with Crippen molar-refractivity contribution in [3.8, 4) is 0 Å². The third-order valence-corrected chi connectivity index (χ3v) is 6.45. The van der Waals surface area contributed by atoms with Crippen LogP contribution in [0.25, 0.3) is 0 Å². The molecule has 6 heteroatoms. The molecule has 1 saturated heterocycles. The van der Waals surface area contributed by atoms with Gasteiger partial charge in [-0.05, 0) is 38.5 Å². The molecule has 1 aliphatic carbocycles. The van der Waals surface area contributed by atoms with Crippen LogP contribution in [-0.4, -0.2) is 55.3 Å². The minimum Gasteiger partial charge on any atom is -0.312 e. The first-order chi connectivity index (χ1) is 10.1. The van der Waals surface area contributed by atoms with E-state index in [0.29, 0.717) is 25.7 Å². The largest absolute Gasteiger partial charge is 0.312 e. The minimum atomic E-state index is -3.30. The summed E-state index contributed by atoms with van der Waals surface area (Å²) in [5.74, 6) is 0. The second-order valence-electron chi connectivity index (χ2n) is 6.35. The molecule has 1 aliphatic heterocycles. The molecule has 124 valence electrons. The molecule has 2 aliphatic rings. The van der Waals surface area contributed by atoms with Crippen molar-refractivity contribution in [2.75, 3.05) is 26.2 Å². The van der Waals surface area contributed by atoms with Crippen LogP contribution >= 0.6 is 0 Å². The van der Waals surface area contributed by atoms with E-state index in [1.54, 1.807) is 8.61 Å². The zero-order chi connectivity index (χ0) is 15.3. The highest BCUT2D eigenvalue weighted by Crippen LogP contribution is 2.24. The first kappa shape index (κ1) is 17.2. The molecule has 0 radical (unpaired) electrons. The first-order valence-corrected chi connectivity index (χ1v) is 9.99. The average molecular weight is 317 g/mol. The lowest BCUT2D eigenvalue weighted by Crippen LogP contribution is -2.54. The summed E-state index contributed by atoms with van der Waals surface area (Å²) in [6.07, 6.45) is 7.37. The molecule has 0 spiro atoms. The second kappa shape index (κ2) is 7.90. The number of hydrogen-bond acceptors (Lipinski definition) is 3. The van der Waals surface area contributed by atoms with Crippen molar-refractivity contribution < 1.29 is 8.42 Å². The molecule has 5 nitrogen and oxygen atoms in total. The molecule has 21 heavy (non-hydrogen) atoms. The third-order valence-electron chi connectivity index (χ3n) is 4.36. The number of rotatable bonds is 9. The Morgan fingerprint density at radius 3 is 2.33 bits per heavy atom. The zero-order valence-electron chi connectivity index (χ0n) is 13.6. The lowest BCUT2D eigenvalue weighted by atomic mass is 10.1. The van der Waals surface area contributed by atoms with Crippen molar-refractivity contribution in [3.05, 3.63) is 0 Å². The summed E-state index contributed by atoms with van der Waals surface area (Å²) in [4.78, 5) is 0. The van der Waals surface area contributed by atoms with E-state index in [1.165, 1.54) is 12.8 Å². The van der Waals surface area contributed by atoms with Crippen molar-refractivity contribution in [1.82, 2.24) is 13.9 Å². The van der Waals surface area contributed by atoms with E-state index >= 15 is 0 Å². The van der Waals surface area contributed by atoms with Gasteiger partial charge in [0.05, 0.1) is 0 Å². The molecule has 2 fully saturated rings. The van der Waals surface area contributed by atoms with Crippen molar-refractivity contribution in [1.29, 1.82) is 0 Å². The van der Waals surface area contributed by atoms with Gasteiger partial charge in [0.2, 0.25) is 0 Å². The minimum absolute atomic E-state index is 0.139. The Labute approximate surface area is 130 Å². The van der Waals surface area contributed by atoms with Gasteiger partial charge in [-0.2, -0.15) is 17.0 Å². The Hall–Kier alpha value is -0.170. The average Bonchev–Trinajstić information content (AvgIpc) is 3.29. The van der Waals surface area contributed by atoms with Crippen LogP contribution in [0.1, 0.15) is 58.8 Å². The van der Waals surface area contributed by atoms with Crippen LogP contribution in [-0.2, 0) is 10.2 Å². The highest BCUT2D eigenvalue weighted by Gasteiger charge is 2.36. The molecule has 0 amide bonds. The van der Waals surface area contributed by atoms with Crippen LogP contribution < -0.4 is 5.32 Å². The molecule has 2 rings (SSSR count). The molecule has 1 saturated carbocycles. The van der Waals surface area contributed by atoms with Crippen molar-refractivity contribution in [2.45, 2.75) is 70.9 Å². The number of hydrogen-bond donors (Lipinski definition) is 1. The van der Waals surface area contributed by atoms with E-state index in [4.69, 9.17) is 0 Å². The van der Waals surface area contributed by atoms with Gasteiger partial charge in [0.1, 0.15) is 0 Å². The van der Waals surface area contributed by atoms with E-state index in [0.717, 1.165) is 38.6 Å². The molecular weight excluding hydrogens is 286 g/mol. The Morgan fingerprint density at radius 2 is 1.76 bits per heavy atom. The van der Waals surface area contributed by atoms with E-state index < -0.39 is 10.2 Å². The zero-order valence-corrected chi connectivity index (χ0v) is 14.4. The highest BCUT2D eigenvalue weighted by atomic mass is 32.2. The van der Waals surface area contributed by atoms with Gasteiger partial charge in [-0.3, -0.25) is 0 Å². The lowest BCUT2D eigenvalue weighted by molar-refractivity contribution is 0.225. The monoisotopic (exact) mass is 317 g/mol. The van der Waals surface area contributed by atoms with Crippen LogP contribution in [0, 0.1) is 0 Å². The molecule has 1 unspecified atom stereocenters. The molecule has 1 N–H and O–H groups in total. The van der Waals surface area contributed by atoms with Crippen molar-refractivity contribution in [2.24, 2.45) is 0 Å². The van der Waals surface area contributed by atoms with Gasteiger partial charge in [-0.1, -0.05) is 20.3 Å². The van der Waals surface area contributed by atoms with Gasteiger partial charge in [-0.25, -0.2) is 0 Å². The van der Waals surface area contributed by atoms with Crippen molar-refractivity contribution >= 4 is 10.2 Å². The van der Waals surface area contributed by atoms with Crippen LogP contribution in [0.5, 0.6) is 0 Å². The highest BCUT2D eigenvalue weighted by molar-refractivity contribution is 7.86. The third kappa shape index (κ3) is 4.65. The summed E-state index contributed by atoms with van der Waals surface area (Å²) in [7, 11) is -3.30. The van der Waals surface area contributed by atoms with Crippen LogP contribution in [0.3, 0.4) is 0 Å². The van der Waals surface area contributed by atoms with E-state index in [-0.39, 0.29) is 6.04 Å². The van der Waals surface area contributed by atoms with Gasteiger partial charge in [0, 0.05) is 38.3 Å². The summed E-state index contributed by atoms with van der Waals surface area (Å²) in [6, 6.07) is 0.777. The molecule has 0 aromatic heterocycles. The summed E-state index contributed by atoms with van der Waals surface area (Å²) in [5, 5.41) is 3.51. The molecule has 1 atom stereocenters. The summed E-state index contributed by atoms with van der Waals surface area (Å²) in [5.41, 5.74) is 0. The summed E-state index contributed by atoms with van der Waals surface area (Å²) < 4.78 is 29.4. The lowest BCUT2D eigenvalue weighted by Gasteiger charge is -2.38. The van der Waals surface area contributed by atoms with Gasteiger partial charge in [-0.15, -0.1) is 0 Å². The SMILES string of the molecule is CCCN(CCC)S(=O)(=O)N1CCCCC1CNC1CC1. The Morgan fingerprint density at radius 1 is 1.10 bits per heavy atom. The standard InChI is InChI=1S/C15H31N3O2S/c1-3-10-17(11-4-2)21(19,20)18-12-6-5-7-15(18)13-16-14-8-9-14/h14-16H,3-13H2,1-2H3. The van der Waals surface area contributed by atoms with Gasteiger partial charge >= 0.3 is 0 Å². The molecular formula is C15H31N3O2S. The maximum Gasteiger partial charge on any atom is 0.282 e.